The number of hydrogen-bond donors (Lipinski definition) is 3. The van der Waals surface area contributed by atoms with Crippen LogP contribution in [0.5, 0.6) is 0 Å². The summed E-state index contributed by atoms with van der Waals surface area (Å²) >= 11 is 0. The Hall–Kier alpha value is -2.55. The van der Waals surface area contributed by atoms with E-state index in [2.05, 4.69) is 5.32 Å². The number of carboxylic acid groups (broad SMARTS) is 1. The third-order valence-electron chi connectivity index (χ3n) is 2.41. The lowest BCUT2D eigenvalue weighted by molar-refractivity contribution is -0.385. The second kappa shape index (κ2) is 5.61. The van der Waals surface area contributed by atoms with Crippen LogP contribution in [0.25, 0.3) is 0 Å². The highest BCUT2D eigenvalue weighted by Crippen LogP contribution is 2.16. The normalized spacial score (nSPS) is 13.3. The van der Waals surface area contributed by atoms with Gasteiger partial charge in [-0.15, -0.1) is 0 Å². The van der Waals surface area contributed by atoms with Gasteiger partial charge < -0.3 is 15.5 Å². The van der Waals surface area contributed by atoms with Crippen LogP contribution in [0.4, 0.5) is 10.1 Å². The number of hydrogen-bond acceptors (Lipinski definition) is 5. The summed E-state index contributed by atoms with van der Waals surface area (Å²) in [5, 5.41) is 30.6. The number of nitro groups is 1. The fraction of sp³-hybridized carbons (Fsp3) is 0.273. The molecule has 0 spiro atoms. The fourth-order valence-electron chi connectivity index (χ4n) is 1.24. The number of amides is 1. The number of carbonyl (C=O) groups excluding carboxylic acids is 1. The maximum atomic E-state index is 13.1. The first-order valence-electron chi connectivity index (χ1n) is 5.32. The molecule has 0 fully saturated rings. The van der Waals surface area contributed by atoms with E-state index in [1.165, 1.54) is 0 Å². The average molecular weight is 286 g/mol. The highest BCUT2D eigenvalue weighted by Gasteiger charge is 2.30. The molecule has 0 saturated carbocycles. The van der Waals surface area contributed by atoms with Crippen LogP contribution in [0.3, 0.4) is 0 Å². The lowest BCUT2D eigenvalue weighted by Gasteiger charge is -2.18. The molecule has 1 atom stereocenters. The first kappa shape index (κ1) is 15.5. The van der Waals surface area contributed by atoms with Crippen molar-refractivity contribution in [2.24, 2.45) is 0 Å². The summed E-state index contributed by atoms with van der Waals surface area (Å²) in [6.45, 7) is 0.328. The fourth-order valence-corrected chi connectivity index (χ4v) is 1.24. The molecule has 1 amide bonds. The monoisotopic (exact) mass is 286 g/mol. The summed E-state index contributed by atoms with van der Waals surface area (Å²) < 4.78 is 13.1. The van der Waals surface area contributed by atoms with Crippen molar-refractivity contribution in [2.75, 3.05) is 6.54 Å². The van der Waals surface area contributed by atoms with E-state index >= 15 is 0 Å². The van der Waals surface area contributed by atoms with E-state index in [9.17, 15) is 29.2 Å². The van der Waals surface area contributed by atoms with Crippen molar-refractivity contribution in [3.05, 3.63) is 39.7 Å². The summed E-state index contributed by atoms with van der Waals surface area (Å²) in [5.41, 5.74) is -3.16. The molecule has 8 nitrogen and oxygen atoms in total. The number of benzene rings is 1. The molecule has 0 aromatic heterocycles. The van der Waals surface area contributed by atoms with E-state index in [4.69, 9.17) is 5.11 Å². The molecular formula is C11H11FN2O6. The smallest absolute Gasteiger partial charge is 0.337 e. The van der Waals surface area contributed by atoms with Gasteiger partial charge in [-0.25, -0.2) is 9.18 Å². The largest absolute Gasteiger partial charge is 0.479 e. The van der Waals surface area contributed by atoms with Crippen LogP contribution < -0.4 is 5.32 Å². The van der Waals surface area contributed by atoms with Crippen LogP contribution in [-0.4, -0.2) is 39.2 Å². The summed E-state index contributed by atoms with van der Waals surface area (Å²) in [6, 6.07) is 2.25. The van der Waals surface area contributed by atoms with Gasteiger partial charge in [-0.1, -0.05) is 0 Å². The van der Waals surface area contributed by atoms with Crippen molar-refractivity contribution < 1.29 is 29.1 Å². The Bertz CT molecular complexity index is 572. The van der Waals surface area contributed by atoms with Gasteiger partial charge in [-0.2, -0.15) is 0 Å². The van der Waals surface area contributed by atoms with Gasteiger partial charge in [-0.05, 0) is 13.0 Å². The van der Waals surface area contributed by atoms with Gasteiger partial charge in [0.2, 0.25) is 0 Å². The first-order valence-corrected chi connectivity index (χ1v) is 5.32. The van der Waals surface area contributed by atoms with Gasteiger partial charge in [0.1, 0.15) is 5.82 Å². The molecule has 9 heteroatoms. The zero-order valence-corrected chi connectivity index (χ0v) is 10.3. The first-order chi connectivity index (χ1) is 9.13. The summed E-state index contributed by atoms with van der Waals surface area (Å²) in [4.78, 5) is 31.9. The number of non-ortho nitro benzene ring substituents is 1. The predicted molar refractivity (Wildman–Crippen MR) is 63.6 cm³/mol. The molecule has 0 heterocycles. The van der Waals surface area contributed by atoms with Crippen LogP contribution in [-0.2, 0) is 4.79 Å². The zero-order valence-electron chi connectivity index (χ0n) is 10.3. The Morgan fingerprint density at radius 1 is 1.45 bits per heavy atom. The quantitative estimate of drug-likeness (QED) is 0.527. The SMILES string of the molecule is CC(O)(CNC(=O)c1cc(F)cc([N+](=O)[O-])c1)C(=O)O. The minimum Gasteiger partial charge on any atom is -0.479 e. The van der Waals surface area contributed by atoms with Crippen molar-refractivity contribution in [2.45, 2.75) is 12.5 Å². The molecule has 0 radical (unpaired) electrons. The Labute approximate surface area is 112 Å². The number of nitro benzene ring substituents is 1. The van der Waals surface area contributed by atoms with E-state index < -0.39 is 40.5 Å². The Balaban J connectivity index is 2.88. The third kappa shape index (κ3) is 3.72. The number of aliphatic carboxylic acids is 1. The van der Waals surface area contributed by atoms with Crippen LogP contribution >= 0.6 is 0 Å². The Morgan fingerprint density at radius 3 is 2.55 bits per heavy atom. The van der Waals surface area contributed by atoms with E-state index in [1.54, 1.807) is 0 Å². The highest BCUT2D eigenvalue weighted by atomic mass is 19.1. The number of aliphatic hydroxyl groups is 1. The van der Waals surface area contributed by atoms with Crippen molar-refractivity contribution in [1.82, 2.24) is 5.32 Å². The molecule has 108 valence electrons. The molecule has 3 N–H and O–H groups in total. The lowest BCUT2D eigenvalue weighted by Crippen LogP contribution is -2.46. The summed E-state index contributed by atoms with van der Waals surface area (Å²) in [5.74, 6) is -3.47. The van der Waals surface area contributed by atoms with Gasteiger partial charge in [0.05, 0.1) is 17.5 Å². The zero-order chi connectivity index (χ0) is 15.5. The van der Waals surface area contributed by atoms with E-state index in [0.717, 1.165) is 19.1 Å². The molecule has 0 saturated heterocycles. The van der Waals surface area contributed by atoms with Crippen molar-refractivity contribution >= 4 is 17.6 Å². The minimum atomic E-state index is -2.20. The van der Waals surface area contributed by atoms with Crippen molar-refractivity contribution in [1.29, 1.82) is 0 Å². The minimum absolute atomic E-state index is 0.349. The molecule has 0 aliphatic carbocycles. The molecule has 1 rings (SSSR count). The summed E-state index contributed by atoms with van der Waals surface area (Å²) in [7, 11) is 0. The second-order valence-corrected chi connectivity index (χ2v) is 4.22. The van der Waals surface area contributed by atoms with Gasteiger partial charge in [0.15, 0.2) is 5.60 Å². The maximum absolute atomic E-state index is 13.1. The molecule has 0 bridgehead atoms. The topological polar surface area (TPSA) is 130 Å². The van der Waals surface area contributed by atoms with E-state index in [0.29, 0.717) is 6.07 Å². The van der Waals surface area contributed by atoms with E-state index in [-0.39, 0.29) is 5.56 Å². The third-order valence-corrected chi connectivity index (χ3v) is 2.41. The number of carboxylic acids is 1. The Morgan fingerprint density at radius 2 is 2.05 bits per heavy atom. The van der Waals surface area contributed by atoms with Gasteiger partial charge in [0, 0.05) is 11.6 Å². The highest BCUT2D eigenvalue weighted by molar-refractivity contribution is 5.95. The van der Waals surface area contributed by atoms with Gasteiger partial charge in [0.25, 0.3) is 11.6 Å². The molecule has 20 heavy (non-hydrogen) atoms. The van der Waals surface area contributed by atoms with E-state index in [1.807, 2.05) is 0 Å². The second-order valence-electron chi connectivity index (χ2n) is 4.22. The number of rotatable bonds is 5. The van der Waals surface area contributed by atoms with Crippen LogP contribution in [0.15, 0.2) is 18.2 Å². The van der Waals surface area contributed by atoms with Crippen LogP contribution in [0, 0.1) is 15.9 Å². The number of carbonyl (C=O) groups is 2. The van der Waals surface area contributed by atoms with Crippen molar-refractivity contribution in [3.63, 3.8) is 0 Å². The summed E-state index contributed by atoms with van der Waals surface area (Å²) in [6.07, 6.45) is 0. The molecule has 0 aliphatic heterocycles. The molecule has 0 aliphatic rings. The average Bonchev–Trinajstić information content (AvgIpc) is 2.35. The molecule has 1 aromatic carbocycles. The van der Waals surface area contributed by atoms with Crippen LogP contribution in [0.2, 0.25) is 0 Å². The van der Waals surface area contributed by atoms with Crippen molar-refractivity contribution in [3.8, 4) is 0 Å². The number of nitrogens with zero attached hydrogens (tertiary/aromatic N) is 1. The molecular weight excluding hydrogens is 275 g/mol. The number of halogens is 1. The standard InChI is InChI=1S/C11H11FN2O6/c1-11(18,10(16)17)5-13-9(15)6-2-7(12)4-8(3-6)14(19)20/h2-4,18H,5H2,1H3,(H,13,15)(H,16,17). The molecule has 1 aromatic rings. The lowest BCUT2D eigenvalue weighted by atomic mass is 10.1. The van der Waals surface area contributed by atoms with Gasteiger partial charge >= 0.3 is 5.97 Å². The Kier molecular flexibility index (Phi) is 4.35. The van der Waals surface area contributed by atoms with Crippen LogP contribution in [0.1, 0.15) is 17.3 Å². The molecule has 1 unspecified atom stereocenters. The van der Waals surface area contributed by atoms with Gasteiger partial charge in [-0.3, -0.25) is 14.9 Å². The maximum Gasteiger partial charge on any atom is 0.337 e. The predicted octanol–water partition coefficient (Wildman–Crippen LogP) is 0.299. The number of nitrogens with one attached hydrogen (secondary N) is 1.